The standard InChI is InChI=1S/C18H25BN4O4/c1-12(5-8-23-9-6-14(20)7-10-23)21-16-11-13-3-2-4-15(18(24)25)17(13)27-19(16)22-26/h2-4,14,16,21H,1,5-11,20H2,(H,24,25). The van der Waals surface area contributed by atoms with Gasteiger partial charge >= 0.3 is 13.0 Å². The van der Waals surface area contributed by atoms with Crippen molar-refractivity contribution in [3.63, 3.8) is 0 Å². The number of nitrogens with two attached hydrogens (primary N) is 1. The monoisotopic (exact) mass is 372 g/mol. The quantitative estimate of drug-likeness (QED) is 0.489. The third kappa shape index (κ3) is 4.67. The summed E-state index contributed by atoms with van der Waals surface area (Å²) in [6, 6.07) is 5.24. The largest absolute Gasteiger partial charge is 0.570 e. The predicted molar refractivity (Wildman–Crippen MR) is 104 cm³/mol. The first-order chi connectivity index (χ1) is 13.0. The molecule has 0 saturated carbocycles. The number of fused-ring (bicyclic) bond motifs is 1. The Bertz CT molecular complexity index is 721. The Morgan fingerprint density at radius 2 is 2.19 bits per heavy atom. The second-order valence-corrected chi connectivity index (χ2v) is 7.20. The number of para-hydroxylation sites is 1. The van der Waals surface area contributed by atoms with Crippen LogP contribution in [0.2, 0.25) is 0 Å². The molecule has 1 unspecified atom stereocenters. The number of hydrogen-bond acceptors (Lipinski definition) is 7. The van der Waals surface area contributed by atoms with Crippen LogP contribution in [0.3, 0.4) is 0 Å². The van der Waals surface area contributed by atoms with Gasteiger partial charge in [-0.15, -0.1) is 0 Å². The summed E-state index contributed by atoms with van der Waals surface area (Å²) in [4.78, 5) is 25.0. The molecule has 1 saturated heterocycles. The van der Waals surface area contributed by atoms with Crippen LogP contribution in [0, 0.1) is 4.91 Å². The average molecular weight is 372 g/mol. The molecule has 2 heterocycles. The van der Waals surface area contributed by atoms with Crippen molar-refractivity contribution in [2.75, 3.05) is 19.6 Å². The molecule has 0 amide bonds. The van der Waals surface area contributed by atoms with E-state index in [1.54, 1.807) is 12.1 Å². The Morgan fingerprint density at radius 1 is 1.44 bits per heavy atom. The number of hydrogen-bond donors (Lipinski definition) is 3. The summed E-state index contributed by atoms with van der Waals surface area (Å²) in [6.45, 7) is 6.92. The zero-order chi connectivity index (χ0) is 19.4. The number of nitroso groups, excluding NO2 is 1. The fraction of sp³-hybridized carbons (Fsp3) is 0.500. The van der Waals surface area contributed by atoms with Crippen molar-refractivity contribution in [2.45, 2.75) is 37.7 Å². The van der Waals surface area contributed by atoms with Gasteiger partial charge in [0.1, 0.15) is 5.75 Å². The zero-order valence-corrected chi connectivity index (χ0v) is 15.3. The van der Waals surface area contributed by atoms with Gasteiger partial charge in [0.25, 0.3) is 0 Å². The fourth-order valence-corrected chi connectivity index (χ4v) is 3.62. The van der Waals surface area contributed by atoms with E-state index in [1.165, 1.54) is 6.07 Å². The lowest BCUT2D eigenvalue weighted by molar-refractivity contribution is 0.0694. The number of nitrogens with zero attached hydrogens (tertiary/aromatic N) is 2. The number of benzene rings is 1. The SMILES string of the molecule is C=C(CCN1CCC(N)CC1)NC1Cc2cccc(C(=O)O)c2OB1N=O. The van der Waals surface area contributed by atoms with Crippen molar-refractivity contribution in [1.82, 2.24) is 10.2 Å². The maximum absolute atomic E-state index is 11.4. The van der Waals surface area contributed by atoms with Gasteiger partial charge in [-0.2, -0.15) is 4.91 Å². The second kappa shape index (κ2) is 8.54. The molecule has 1 atom stereocenters. The first kappa shape index (κ1) is 19.4. The number of rotatable bonds is 7. The lowest BCUT2D eigenvalue weighted by atomic mass is 9.68. The zero-order valence-electron chi connectivity index (χ0n) is 15.3. The molecule has 27 heavy (non-hydrogen) atoms. The predicted octanol–water partition coefficient (Wildman–Crippen LogP) is 1.40. The van der Waals surface area contributed by atoms with Crippen LogP contribution in [-0.4, -0.2) is 54.6 Å². The molecule has 0 radical (unpaired) electrons. The average Bonchev–Trinajstić information content (AvgIpc) is 2.66. The number of piperidine rings is 1. The Balaban J connectivity index is 1.59. The van der Waals surface area contributed by atoms with Crippen LogP contribution in [0.1, 0.15) is 35.2 Å². The molecule has 1 fully saturated rings. The van der Waals surface area contributed by atoms with Crippen molar-refractivity contribution >= 4 is 13.0 Å². The van der Waals surface area contributed by atoms with E-state index in [0.29, 0.717) is 12.5 Å². The first-order valence-corrected chi connectivity index (χ1v) is 9.24. The molecule has 9 heteroatoms. The van der Waals surface area contributed by atoms with Gasteiger partial charge in [0.05, 0.1) is 11.5 Å². The van der Waals surface area contributed by atoms with Gasteiger partial charge in [-0.1, -0.05) is 23.8 Å². The molecule has 4 N–H and O–H groups in total. The number of aromatic carboxylic acids is 1. The summed E-state index contributed by atoms with van der Waals surface area (Å²) in [5, 5.41) is 15.6. The van der Waals surface area contributed by atoms with Crippen LogP contribution in [0.4, 0.5) is 0 Å². The molecule has 1 aromatic carbocycles. The minimum atomic E-state index is -1.09. The van der Waals surface area contributed by atoms with Gasteiger partial charge in [0.2, 0.25) is 0 Å². The summed E-state index contributed by atoms with van der Waals surface area (Å²) in [6.07, 6.45) is 3.22. The van der Waals surface area contributed by atoms with Gasteiger partial charge in [-0.3, -0.25) is 0 Å². The summed E-state index contributed by atoms with van der Waals surface area (Å²) < 4.78 is 5.61. The second-order valence-electron chi connectivity index (χ2n) is 7.20. The van der Waals surface area contributed by atoms with Crippen molar-refractivity contribution in [1.29, 1.82) is 0 Å². The summed E-state index contributed by atoms with van der Waals surface area (Å²) in [5.41, 5.74) is 7.52. The van der Waals surface area contributed by atoms with Crippen molar-refractivity contribution < 1.29 is 14.6 Å². The van der Waals surface area contributed by atoms with Crippen LogP contribution in [-0.2, 0) is 6.42 Å². The molecule has 2 aliphatic heterocycles. The van der Waals surface area contributed by atoms with E-state index in [2.05, 4.69) is 21.9 Å². The highest BCUT2D eigenvalue weighted by atomic mass is 16.5. The molecule has 1 aromatic rings. The number of nitrogens with one attached hydrogen (secondary N) is 1. The Kier molecular flexibility index (Phi) is 6.13. The molecular formula is C18H25BN4O4. The van der Waals surface area contributed by atoms with Crippen LogP contribution in [0.5, 0.6) is 5.75 Å². The van der Waals surface area contributed by atoms with E-state index >= 15 is 0 Å². The maximum Gasteiger partial charge on any atom is 0.570 e. The molecule has 0 bridgehead atoms. The van der Waals surface area contributed by atoms with E-state index in [0.717, 1.165) is 50.2 Å². The van der Waals surface area contributed by atoms with E-state index in [9.17, 15) is 14.8 Å². The molecule has 2 aliphatic rings. The smallest absolute Gasteiger partial charge is 0.536 e. The van der Waals surface area contributed by atoms with Crippen LogP contribution in [0.15, 0.2) is 35.6 Å². The fourth-order valence-electron chi connectivity index (χ4n) is 3.62. The van der Waals surface area contributed by atoms with E-state index < -0.39 is 13.0 Å². The number of carbonyl (C=O) groups is 1. The maximum atomic E-state index is 11.4. The van der Waals surface area contributed by atoms with Gasteiger partial charge in [0.15, 0.2) is 0 Å². The summed E-state index contributed by atoms with van der Waals surface area (Å²) in [7, 11) is -0.997. The molecule has 144 valence electrons. The van der Waals surface area contributed by atoms with Crippen LogP contribution >= 0.6 is 0 Å². The Labute approximate surface area is 158 Å². The van der Waals surface area contributed by atoms with Gasteiger partial charge in [0, 0.05) is 18.3 Å². The van der Waals surface area contributed by atoms with Gasteiger partial charge in [-0.05, 0) is 50.4 Å². The van der Waals surface area contributed by atoms with Crippen LogP contribution < -0.4 is 15.7 Å². The summed E-state index contributed by atoms with van der Waals surface area (Å²) >= 11 is 0. The Morgan fingerprint density at radius 3 is 2.85 bits per heavy atom. The van der Waals surface area contributed by atoms with Crippen molar-refractivity contribution in [2.24, 2.45) is 10.8 Å². The van der Waals surface area contributed by atoms with Crippen molar-refractivity contribution in [3.8, 4) is 5.75 Å². The van der Waals surface area contributed by atoms with E-state index in [-0.39, 0.29) is 17.3 Å². The topological polar surface area (TPSA) is 117 Å². The van der Waals surface area contributed by atoms with E-state index in [1.807, 2.05) is 0 Å². The van der Waals surface area contributed by atoms with Gasteiger partial charge < -0.3 is 25.7 Å². The normalized spacial score (nSPS) is 20.5. The number of likely N-dealkylation sites (tertiary alicyclic amines) is 1. The first-order valence-electron chi connectivity index (χ1n) is 9.24. The molecule has 0 aliphatic carbocycles. The highest BCUT2D eigenvalue weighted by Gasteiger charge is 2.39. The van der Waals surface area contributed by atoms with Crippen molar-refractivity contribution in [3.05, 3.63) is 46.5 Å². The molecular weight excluding hydrogens is 347 g/mol. The minimum absolute atomic E-state index is 0.0433. The van der Waals surface area contributed by atoms with E-state index in [4.69, 9.17) is 10.4 Å². The third-order valence-electron chi connectivity index (χ3n) is 5.21. The lowest BCUT2D eigenvalue weighted by Gasteiger charge is -2.32. The highest BCUT2D eigenvalue weighted by Crippen LogP contribution is 2.31. The summed E-state index contributed by atoms with van der Waals surface area (Å²) in [5.74, 6) is -1.24. The minimum Gasteiger partial charge on any atom is -0.536 e. The molecule has 8 nitrogen and oxygen atoms in total. The van der Waals surface area contributed by atoms with Crippen LogP contribution in [0.25, 0.3) is 0 Å². The Hall–Kier alpha value is -2.39. The number of carboxylic acids is 1. The third-order valence-corrected chi connectivity index (χ3v) is 5.21. The number of carboxylic acid groups (broad SMARTS) is 1. The lowest BCUT2D eigenvalue weighted by Crippen LogP contribution is -2.50. The molecule has 0 aromatic heterocycles. The molecule has 3 rings (SSSR count). The molecule has 0 spiro atoms. The van der Waals surface area contributed by atoms with Gasteiger partial charge in [-0.25, -0.2) is 4.79 Å². The highest BCUT2D eigenvalue weighted by molar-refractivity contribution is 6.53.